The highest BCUT2D eigenvalue weighted by Gasteiger charge is 2.30. The molecule has 0 aliphatic rings. The molecule has 0 amide bonds. The number of aliphatic hydroxyl groups excluding tert-OH is 1. The average Bonchev–Trinajstić information content (AvgIpc) is 2.99. The lowest BCUT2D eigenvalue weighted by Crippen LogP contribution is -2.18. The van der Waals surface area contributed by atoms with Crippen LogP contribution in [0.15, 0.2) is 29.1 Å². The van der Waals surface area contributed by atoms with Crippen LogP contribution in [0.4, 0.5) is 13.2 Å². The topological polar surface area (TPSA) is 83.8 Å². The fraction of sp³-hybridized carbons (Fsp3) is 0.389. The molecular weight excluding hydrogens is 361 g/mol. The molecular formula is C18H19F3N4O2. The van der Waals surface area contributed by atoms with Gasteiger partial charge in [0.25, 0.3) is 5.56 Å². The van der Waals surface area contributed by atoms with Crippen molar-refractivity contribution in [2.75, 3.05) is 6.61 Å². The lowest BCUT2D eigenvalue weighted by molar-refractivity contribution is -0.137. The quantitative estimate of drug-likeness (QED) is 0.728. The molecule has 0 radical (unpaired) electrons. The minimum absolute atomic E-state index is 0.224. The van der Waals surface area contributed by atoms with E-state index in [1.165, 1.54) is 16.8 Å². The van der Waals surface area contributed by atoms with Crippen molar-refractivity contribution in [3.8, 4) is 0 Å². The smallest absolute Gasteiger partial charge is 0.394 e. The van der Waals surface area contributed by atoms with E-state index < -0.39 is 23.7 Å². The highest BCUT2D eigenvalue weighted by Crippen LogP contribution is 2.33. The predicted octanol–water partition coefficient (Wildman–Crippen LogP) is 3.15. The lowest BCUT2D eigenvalue weighted by Gasteiger charge is -2.12. The summed E-state index contributed by atoms with van der Waals surface area (Å²) in [6, 6.07) is 4.38. The molecule has 6 nitrogen and oxygen atoms in total. The van der Waals surface area contributed by atoms with Gasteiger partial charge in [-0.25, -0.2) is 4.98 Å². The molecule has 3 aromatic rings. The summed E-state index contributed by atoms with van der Waals surface area (Å²) in [6.07, 6.45) is -4.40. The van der Waals surface area contributed by atoms with E-state index in [2.05, 4.69) is 15.1 Å². The fourth-order valence-corrected chi connectivity index (χ4v) is 2.99. The Kier molecular flexibility index (Phi) is 4.81. The Morgan fingerprint density at radius 1 is 1.22 bits per heavy atom. The summed E-state index contributed by atoms with van der Waals surface area (Å²) in [5.41, 5.74) is 0.592. The number of alkyl halides is 3. The highest BCUT2D eigenvalue weighted by atomic mass is 19.4. The molecule has 2 heterocycles. The van der Waals surface area contributed by atoms with E-state index in [-0.39, 0.29) is 17.7 Å². The van der Waals surface area contributed by atoms with Gasteiger partial charge in [0, 0.05) is 5.92 Å². The van der Waals surface area contributed by atoms with Crippen LogP contribution in [0.25, 0.3) is 11.0 Å². The maximum atomic E-state index is 12.8. The van der Waals surface area contributed by atoms with Crippen LogP contribution in [-0.2, 0) is 6.18 Å². The standard InChI is InChI=1S/C18H19F3N4O2/c1-9(8-26)25-16-15(22-11(3)23-17(16)27)14(24-25)10(2)12-4-6-13(7-5-12)18(19,20)21/h4-7,9-10,26H,8H2,1-3H3,(H,22,23,27)/t9-,10-/m1/s1. The number of aliphatic hydroxyl groups is 1. The second-order valence-electron chi connectivity index (χ2n) is 6.55. The molecule has 0 aliphatic heterocycles. The number of hydrogen-bond acceptors (Lipinski definition) is 4. The molecule has 0 aliphatic carbocycles. The number of aromatic nitrogens is 4. The molecule has 0 saturated heterocycles. The van der Waals surface area contributed by atoms with Gasteiger partial charge in [-0.3, -0.25) is 9.48 Å². The van der Waals surface area contributed by atoms with Crippen LogP contribution in [-0.4, -0.2) is 31.5 Å². The Labute approximate surface area is 152 Å². The molecule has 27 heavy (non-hydrogen) atoms. The van der Waals surface area contributed by atoms with E-state index in [1.807, 2.05) is 0 Å². The second-order valence-corrected chi connectivity index (χ2v) is 6.55. The largest absolute Gasteiger partial charge is 0.416 e. The molecule has 2 aromatic heterocycles. The van der Waals surface area contributed by atoms with Crippen molar-refractivity contribution in [3.63, 3.8) is 0 Å². The first-order valence-electron chi connectivity index (χ1n) is 8.40. The second kappa shape index (κ2) is 6.80. The number of hydrogen-bond donors (Lipinski definition) is 2. The Hall–Kier alpha value is -2.68. The van der Waals surface area contributed by atoms with Gasteiger partial charge >= 0.3 is 6.18 Å². The molecule has 0 fully saturated rings. The van der Waals surface area contributed by atoms with Crippen LogP contribution in [0.3, 0.4) is 0 Å². The summed E-state index contributed by atoms with van der Waals surface area (Å²) in [5.74, 6) is 0.0141. The normalized spacial score (nSPS) is 14.5. The minimum Gasteiger partial charge on any atom is -0.394 e. The van der Waals surface area contributed by atoms with Gasteiger partial charge in [0.15, 0.2) is 5.52 Å². The van der Waals surface area contributed by atoms with Gasteiger partial charge in [0.2, 0.25) is 0 Å². The van der Waals surface area contributed by atoms with Crippen LogP contribution in [0.5, 0.6) is 0 Å². The van der Waals surface area contributed by atoms with E-state index in [9.17, 15) is 23.1 Å². The molecule has 0 bridgehead atoms. The molecule has 2 N–H and O–H groups in total. The minimum atomic E-state index is -4.40. The number of rotatable bonds is 4. The zero-order valence-corrected chi connectivity index (χ0v) is 15.0. The monoisotopic (exact) mass is 380 g/mol. The van der Waals surface area contributed by atoms with Crippen LogP contribution >= 0.6 is 0 Å². The maximum absolute atomic E-state index is 12.8. The lowest BCUT2D eigenvalue weighted by atomic mass is 9.96. The van der Waals surface area contributed by atoms with Gasteiger partial charge in [-0.1, -0.05) is 19.1 Å². The average molecular weight is 380 g/mol. The maximum Gasteiger partial charge on any atom is 0.416 e. The van der Waals surface area contributed by atoms with Crippen molar-refractivity contribution in [1.29, 1.82) is 0 Å². The van der Waals surface area contributed by atoms with Crippen LogP contribution in [0.2, 0.25) is 0 Å². The summed E-state index contributed by atoms with van der Waals surface area (Å²) in [4.78, 5) is 19.4. The number of aryl methyl sites for hydroxylation is 1. The number of fused-ring (bicyclic) bond motifs is 1. The number of nitrogens with zero attached hydrogens (tertiary/aromatic N) is 3. The summed E-state index contributed by atoms with van der Waals surface area (Å²) in [5, 5.41) is 13.9. The van der Waals surface area contributed by atoms with Crippen LogP contribution in [0, 0.1) is 6.92 Å². The van der Waals surface area contributed by atoms with E-state index >= 15 is 0 Å². The molecule has 9 heteroatoms. The van der Waals surface area contributed by atoms with E-state index in [0.29, 0.717) is 22.6 Å². The van der Waals surface area contributed by atoms with Gasteiger partial charge < -0.3 is 10.1 Å². The molecule has 0 saturated carbocycles. The Morgan fingerprint density at radius 3 is 2.41 bits per heavy atom. The summed E-state index contributed by atoms with van der Waals surface area (Å²) >= 11 is 0. The number of aromatic amines is 1. The Bertz CT molecular complexity index is 1020. The zero-order valence-electron chi connectivity index (χ0n) is 15.0. The first-order chi connectivity index (χ1) is 12.6. The van der Waals surface area contributed by atoms with Crippen molar-refractivity contribution < 1.29 is 18.3 Å². The first kappa shape index (κ1) is 19.1. The van der Waals surface area contributed by atoms with Crippen LogP contribution in [0.1, 0.15) is 48.5 Å². The van der Waals surface area contributed by atoms with Gasteiger partial charge in [0.1, 0.15) is 11.3 Å². The highest BCUT2D eigenvalue weighted by molar-refractivity contribution is 5.78. The summed E-state index contributed by atoms with van der Waals surface area (Å²) in [6.45, 7) is 4.91. The Balaban J connectivity index is 2.14. The van der Waals surface area contributed by atoms with Crippen molar-refractivity contribution in [2.24, 2.45) is 0 Å². The van der Waals surface area contributed by atoms with Crippen LogP contribution < -0.4 is 5.56 Å². The number of nitrogens with one attached hydrogen (secondary N) is 1. The van der Waals surface area contributed by atoms with E-state index in [4.69, 9.17) is 0 Å². The number of halogens is 3. The van der Waals surface area contributed by atoms with E-state index in [1.54, 1.807) is 20.8 Å². The fourth-order valence-electron chi connectivity index (χ4n) is 2.99. The van der Waals surface area contributed by atoms with Gasteiger partial charge in [-0.15, -0.1) is 0 Å². The third-order valence-corrected chi connectivity index (χ3v) is 4.53. The zero-order chi connectivity index (χ0) is 19.9. The van der Waals surface area contributed by atoms with Crippen molar-refractivity contribution in [1.82, 2.24) is 19.7 Å². The summed E-state index contributed by atoms with van der Waals surface area (Å²) < 4.78 is 39.8. The molecule has 1 aromatic carbocycles. The molecule has 3 rings (SSSR count). The Morgan fingerprint density at radius 2 is 1.85 bits per heavy atom. The SMILES string of the molecule is Cc1nc2c([C@H](C)c3ccc(C(F)(F)F)cc3)nn([C@H](C)CO)c2c(=O)[nH]1. The van der Waals surface area contributed by atoms with Gasteiger partial charge in [0.05, 0.1) is 23.9 Å². The van der Waals surface area contributed by atoms with Crippen molar-refractivity contribution in [3.05, 3.63) is 57.3 Å². The molecule has 144 valence electrons. The first-order valence-corrected chi connectivity index (χ1v) is 8.40. The van der Waals surface area contributed by atoms with Gasteiger partial charge in [-0.05, 0) is 31.5 Å². The molecule has 0 spiro atoms. The third-order valence-electron chi connectivity index (χ3n) is 4.53. The summed E-state index contributed by atoms with van der Waals surface area (Å²) in [7, 11) is 0. The third kappa shape index (κ3) is 3.46. The van der Waals surface area contributed by atoms with E-state index in [0.717, 1.165) is 12.1 Å². The molecule has 2 atom stereocenters. The number of benzene rings is 1. The van der Waals surface area contributed by atoms with Gasteiger partial charge in [-0.2, -0.15) is 18.3 Å². The molecule has 0 unspecified atom stereocenters. The number of H-pyrrole nitrogens is 1. The van der Waals surface area contributed by atoms with Crippen molar-refractivity contribution in [2.45, 2.75) is 38.9 Å². The predicted molar refractivity (Wildman–Crippen MR) is 93.6 cm³/mol. The van der Waals surface area contributed by atoms with Crippen molar-refractivity contribution >= 4 is 11.0 Å².